The third kappa shape index (κ3) is 4.76. The number of nitrogens with one attached hydrogen (secondary N) is 1. The molecule has 24 heavy (non-hydrogen) atoms. The first-order chi connectivity index (χ1) is 11.6. The molecule has 3 rings (SSSR count). The maximum atomic E-state index is 6.44. The van der Waals surface area contributed by atoms with Crippen LogP contribution in [0.5, 0.6) is 0 Å². The second-order valence-electron chi connectivity index (χ2n) is 5.54. The van der Waals surface area contributed by atoms with Gasteiger partial charge in [-0.05, 0) is 35.4 Å². The molecular weight excluding hydrogens is 383 g/mol. The molecule has 0 bridgehead atoms. The minimum Gasteiger partial charge on any atom is -0.373 e. The Balaban J connectivity index is 1.75. The van der Waals surface area contributed by atoms with Gasteiger partial charge in [0, 0.05) is 45.0 Å². The van der Waals surface area contributed by atoms with Crippen LogP contribution in [-0.4, -0.2) is 18.1 Å². The maximum absolute atomic E-state index is 6.44. The first-order valence-electron chi connectivity index (χ1n) is 7.57. The number of hydrogen-bond acceptors (Lipinski definition) is 3. The molecule has 0 fully saturated rings. The summed E-state index contributed by atoms with van der Waals surface area (Å²) in [5.74, 6) is 0.895. The highest BCUT2D eigenvalue weighted by Gasteiger charge is 2.19. The van der Waals surface area contributed by atoms with Crippen molar-refractivity contribution in [1.82, 2.24) is 10.2 Å². The average molecular weight is 400 g/mol. The van der Waals surface area contributed by atoms with E-state index in [1.165, 1.54) is 5.56 Å². The zero-order chi connectivity index (χ0) is 16.9. The Hall–Kier alpha value is -1.00. The van der Waals surface area contributed by atoms with Crippen LogP contribution in [0.1, 0.15) is 16.4 Å². The molecule has 126 valence electrons. The summed E-state index contributed by atoms with van der Waals surface area (Å²) < 4.78 is 0. The van der Waals surface area contributed by atoms with E-state index in [1.807, 2.05) is 48.3 Å². The van der Waals surface area contributed by atoms with E-state index >= 15 is 0 Å². The third-order valence-corrected chi connectivity index (χ3v) is 5.89. The van der Waals surface area contributed by atoms with Crippen molar-refractivity contribution in [3.63, 3.8) is 0 Å². The molecule has 2 nitrogen and oxygen atoms in total. The Morgan fingerprint density at radius 2 is 1.79 bits per heavy atom. The van der Waals surface area contributed by atoms with Gasteiger partial charge in [-0.15, -0.1) is 11.8 Å². The lowest BCUT2D eigenvalue weighted by molar-refractivity contribution is 0.392. The molecule has 1 N–H and O–H groups in total. The van der Waals surface area contributed by atoms with Gasteiger partial charge in [0.15, 0.2) is 0 Å². The highest BCUT2D eigenvalue weighted by Crippen LogP contribution is 2.37. The van der Waals surface area contributed by atoms with Gasteiger partial charge in [-0.1, -0.05) is 53.0 Å². The summed E-state index contributed by atoms with van der Waals surface area (Å²) in [6, 6.07) is 13.7. The van der Waals surface area contributed by atoms with Crippen LogP contribution >= 0.6 is 46.6 Å². The Labute approximate surface area is 161 Å². The van der Waals surface area contributed by atoms with Crippen molar-refractivity contribution < 1.29 is 0 Å². The van der Waals surface area contributed by atoms with Gasteiger partial charge >= 0.3 is 0 Å². The van der Waals surface area contributed by atoms with Crippen LogP contribution in [0.3, 0.4) is 0 Å². The summed E-state index contributed by atoms with van der Waals surface area (Å²) in [5.41, 5.74) is 2.36. The van der Waals surface area contributed by atoms with Crippen molar-refractivity contribution in [2.45, 2.75) is 11.0 Å². The van der Waals surface area contributed by atoms with Crippen molar-refractivity contribution in [3.05, 3.63) is 81.1 Å². The molecule has 0 aliphatic carbocycles. The van der Waals surface area contributed by atoms with Crippen LogP contribution in [0.2, 0.25) is 15.1 Å². The van der Waals surface area contributed by atoms with Gasteiger partial charge in [0.1, 0.15) is 0 Å². The van der Waals surface area contributed by atoms with Gasteiger partial charge in [-0.3, -0.25) is 0 Å². The third-order valence-electron chi connectivity index (χ3n) is 3.77. The van der Waals surface area contributed by atoms with Gasteiger partial charge in [0.2, 0.25) is 0 Å². The van der Waals surface area contributed by atoms with Crippen molar-refractivity contribution in [3.8, 4) is 0 Å². The number of thioether (sulfide) groups is 1. The maximum Gasteiger partial charge on any atom is 0.0868 e. The minimum atomic E-state index is 0.245. The van der Waals surface area contributed by atoms with Crippen LogP contribution < -0.4 is 5.32 Å². The predicted molar refractivity (Wildman–Crippen MR) is 106 cm³/mol. The van der Waals surface area contributed by atoms with Gasteiger partial charge in [0.25, 0.3) is 0 Å². The number of halogens is 3. The van der Waals surface area contributed by atoms with E-state index in [9.17, 15) is 0 Å². The largest absolute Gasteiger partial charge is 0.373 e. The average Bonchev–Trinajstić information content (AvgIpc) is 3.06. The molecule has 0 aromatic heterocycles. The number of nitrogens with zero attached hydrogens (tertiary/aromatic N) is 1. The van der Waals surface area contributed by atoms with E-state index in [0.717, 1.165) is 29.6 Å². The van der Waals surface area contributed by atoms with Crippen LogP contribution in [0.4, 0.5) is 0 Å². The zero-order valence-electron chi connectivity index (χ0n) is 12.9. The molecule has 0 spiro atoms. The molecule has 0 amide bonds. The Bertz CT molecular complexity index is 719. The van der Waals surface area contributed by atoms with Crippen molar-refractivity contribution in [1.29, 1.82) is 0 Å². The first-order valence-corrected chi connectivity index (χ1v) is 9.75. The van der Waals surface area contributed by atoms with Gasteiger partial charge < -0.3 is 10.2 Å². The lowest BCUT2D eigenvalue weighted by atomic mass is 10.1. The molecule has 1 aliphatic rings. The molecular formula is C18H17Cl3N2S. The Morgan fingerprint density at radius 1 is 1.04 bits per heavy atom. The fraction of sp³-hybridized carbons (Fsp3) is 0.222. The summed E-state index contributed by atoms with van der Waals surface area (Å²) in [6.45, 7) is 1.70. The second kappa shape index (κ2) is 8.39. The summed E-state index contributed by atoms with van der Waals surface area (Å²) >= 11 is 20.3. The number of rotatable bonds is 6. The van der Waals surface area contributed by atoms with E-state index in [0.29, 0.717) is 10.0 Å². The molecule has 0 saturated heterocycles. The zero-order valence-corrected chi connectivity index (χ0v) is 16.0. The van der Waals surface area contributed by atoms with E-state index in [-0.39, 0.29) is 5.25 Å². The van der Waals surface area contributed by atoms with Gasteiger partial charge in [0.05, 0.1) is 6.67 Å². The van der Waals surface area contributed by atoms with Gasteiger partial charge in [-0.25, -0.2) is 0 Å². The molecule has 6 heteroatoms. The predicted octanol–water partition coefficient (Wildman–Crippen LogP) is 5.96. The summed E-state index contributed by atoms with van der Waals surface area (Å²) in [5, 5.41) is 5.58. The molecule has 2 aromatic rings. The number of benzene rings is 2. The van der Waals surface area contributed by atoms with E-state index in [2.05, 4.69) is 28.5 Å². The van der Waals surface area contributed by atoms with E-state index in [4.69, 9.17) is 34.8 Å². The molecule has 0 radical (unpaired) electrons. The normalized spacial score (nSPS) is 14.7. The van der Waals surface area contributed by atoms with E-state index < -0.39 is 0 Å². The molecule has 1 heterocycles. The lowest BCUT2D eigenvalue weighted by Gasteiger charge is -2.24. The summed E-state index contributed by atoms with van der Waals surface area (Å²) in [6.07, 6.45) is 4.03. The summed E-state index contributed by atoms with van der Waals surface area (Å²) in [7, 11) is 0. The topological polar surface area (TPSA) is 15.3 Å². The second-order valence-corrected chi connectivity index (χ2v) is 8.01. The molecule has 2 aromatic carbocycles. The van der Waals surface area contributed by atoms with Crippen LogP contribution in [0.15, 0.2) is 54.9 Å². The Morgan fingerprint density at radius 3 is 2.46 bits per heavy atom. The smallest absolute Gasteiger partial charge is 0.0868 e. The van der Waals surface area contributed by atoms with E-state index in [1.54, 1.807) is 0 Å². The summed E-state index contributed by atoms with van der Waals surface area (Å²) in [4.78, 5) is 2.24. The fourth-order valence-electron chi connectivity index (χ4n) is 2.50. The van der Waals surface area contributed by atoms with Crippen molar-refractivity contribution in [2.24, 2.45) is 0 Å². The first kappa shape index (κ1) is 17.8. The quantitative estimate of drug-likeness (QED) is 0.645. The van der Waals surface area contributed by atoms with Crippen LogP contribution in [-0.2, 0) is 5.75 Å². The highest BCUT2D eigenvalue weighted by atomic mass is 35.5. The monoisotopic (exact) mass is 398 g/mol. The molecule has 1 atom stereocenters. The molecule has 0 saturated carbocycles. The van der Waals surface area contributed by atoms with Crippen LogP contribution in [0.25, 0.3) is 0 Å². The highest BCUT2D eigenvalue weighted by molar-refractivity contribution is 7.98. The number of hydrogen-bond donors (Lipinski definition) is 1. The van der Waals surface area contributed by atoms with Crippen molar-refractivity contribution in [2.75, 3.05) is 13.2 Å². The van der Waals surface area contributed by atoms with Crippen LogP contribution in [0, 0.1) is 0 Å². The SMILES string of the molecule is Clc1ccc(CS[C@@H](CN2C=CNC2)c2ccc(Cl)cc2Cl)cc1. The van der Waals surface area contributed by atoms with Crippen molar-refractivity contribution >= 4 is 46.6 Å². The fourth-order valence-corrected chi connectivity index (χ4v) is 4.50. The Kier molecular flexibility index (Phi) is 6.23. The van der Waals surface area contributed by atoms with Gasteiger partial charge in [-0.2, -0.15) is 0 Å². The molecule has 0 unspecified atom stereocenters. The molecule has 1 aliphatic heterocycles. The minimum absolute atomic E-state index is 0.245. The lowest BCUT2D eigenvalue weighted by Crippen LogP contribution is -2.25. The standard InChI is InChI=1S/C18H17Cl3N2S/c19-14-3-1-13(2-4-14)11-24-18(10-23-8-7-22-12-23)16-6-5-15(20)9-17(16)21/h1-9,18,22H,10-12H2/t18-/m0/s1.